The van der Waals surface area contributed by atoms with Crippen molar-refractivity contribution in [3.8, 4) is 5.75 Å². The summed E-state index contributed by atoms with van der Waals surface area (Å²) in [6, 6.07) is 7.14. The van der Waals surface area contributed by atoms with Gasteiger partial charge in [-0.2, -0.15) is 8.42 Å². The van der Waals surface area contributed by atoms with E-state index in [1.165, 1.54) is 0 Å². The van der Waals surface area contributed by atoms with Crippen molar-refractivity contribution < 1.29 is 17.3 Å². The van der Waals surface area contributed by atoms with E-state index in [1.54, 1.807) is 12.1 Å². The lowest BCUT2D eigenvalue weighted by molar-refractivity contribution is 0.00610. The van der Waals surface area contributed by atoms with Crippen LogP contribution in [0.15, 0.2) is 24.3 Å². The first-order valence-corrected chi connectivity index (χ1v) is 8.63. The second-order valence-electron chi connectivity index (χ2n) is 7.08. The lowest BCUT2D eigenvalue weighted by atomic mass is 9.87. The van der Waals surface area contributed by atoms with Crippen molar-refractivity contribution in [3.05, 3.63) is 29.8 Å². The maximum atomic E-state index is 11.9. The Hall–Kier alpha value is -1.07. The summed E-state index contributed by atoms with van der Waals surface area (Å²) in [6.45, 7) is 12.1. The van der Waals surface area contributed by atoms with Crippen LogP contribution in [0.25, 0.3) is 0 Å². The first-order chi connectivity index (χ1) is 9.39. The molecular formula is C16H26O4S. The summed E-state index contributed by atoms with van der Waals surface area (Å²) in [5.41, 5.74) is 0.797. The Bertz CT molecular complexity index is 545. The third-order valence-electron chi connectivity index (χ3n) is 2.81. The summed E-state index contributed by atoms with van der Waals surface area (Å²) in [5.74, 6) is 0.171. The van der Waals surface area contributed by atoms with Gasteiger partial charge in [-0.1, -0.05) is 32.9 Å². The molecule has 120 valence electrons. The van der Waals surface area contributed by atoms with Crippen LogP contribution in [0, 0.1) is 0 Å². The fraction of sp³-hybridized carbons (Fsp3) is 0.625. The molecule has 0 N–H and O–H groups in total. The van der Waals surface area contributed by atoms with Crippen molar-refractivity contribution in [3.63, 3.8) is 0 Å². The summed E-state index contributed by atoms with van der Waals surface area (Å²) in [7, 11) is -3.63. The van der Waals surface area contributed by atoms with Crippen LogP contribution >= 0.6 is 0 Å². The number of rotatable bonds is 5. The molecule has 0 saturated carbocycles. The molecule has 21 heavy (non-hydrogen) atoms. The van der Waals surface area contributed by atoms with Gasteiger partial charge in [0.1, 0.15) is 11.5 Å². The van der Waals surface area contributed by atoms with Crippen molar-refractivity contribution >= 4 is 10.1 Å². The predicted molar refractivity (Wildman–Crippen MR) is 85.3 cm³/mol. The quantitative estimate of drug-likeness (QED) is 0.780. The Kier molecular flexibility index (Phi) is 5.45. The lowest BCUT2D eigenvalue weighted by Crippen LogP contribution is -2.25. The van der Waals surface area contributed by atoms with Gasteiger partial charge in [0.2, 0.25) is 0 Å². The van der Waals surface area contributed by atoms with Crippen LogP contribution in [0.3, 0.4) is 0 Å². The molecule has 0 spiro atoms. The normalized spacial score (nSPS) is 13.2. The minimum atomic E-state index is -3.63. The zero-order chi connectivity index (χ0) is 16.3. The third kappa shape index (κ3) is 6.96. The van der Waals surface area contributed by atoms with E-state index in [9.17, 15) is 8.42 Å². The van der Waals surface area contributed by atoms with Crippen molar-refractivity contribution in [2.45, 2.75) is 52.6 Å². The minimum Gasteiger partial charge on any atom is -0.382 e. The van der Waals surface area contributed by atoms with Gasteiger partial charge < -0.3 is 8.92 Å². The maximum Gasteiger partial charge on any atom is 0.311 e. The van der Waals surface area contributed by atoms with Crippen molar-refractivity contribution in [2.75, 3.05) is 12.4 Å². The largest absolute Gasteiger partial charge is 0.382 e. The van der Waals surface area contributed by atoms with E-state index in [0.717, 1.165) is 5.56 Å². The van der Waals surface area contributed by atoms with Crippen molar-refractivity contribution in [2.24, 2.45) is 0 Å². The topological polar surface area (TPSA) is 52.6 Å². The fourth-order valence-electron chi connectivity index (χ4n) is 1.65. The van der Waals surface area contributed by atoms with Gasteiger partial charge in [-0.3, -0.25) is 0 Å². The highest BCUT2D eigenvalue weighted by Gasteiger charge is 2.18. The Balaban J connectivity index is 2.63. The molecule has 0 unspecified atom stereocenters. The Morgan fingerprint density at radius 3 is 1.90 bits per heavy atom. The predicted octanol–water partition coefficient (Wildman–Crippen LogP) is 3.51. The minimum absolute atomic E-state index is 0.0257. The molecule has 1 aromatic rings. The molecule has 0 aromatic heterocycles. The Morgan fingerprint density at radius 2 is 1.48 bits per heavy atom. The smallest absolute Gasteiger partial charge is 0.311 e. The summed E-state index contributed by atoms with van der Waals surface area (Å²) in [5, 5.41) is 0. The van der Waals surface area contributed by atoms with Crippen LogP contribution in [0.4, 0.5) is 0 Å². The second-order valence-corrected chi connectivity index (χ2v) is 8.77. The molecule has 0 saturated heterocycles. The lowest BCUT2D eigenvalue weighted by Gasteiger charge is -2.20. The first-order valence-electron chi connectivity index (χ1n) is 7.06. The van der Waals surface area contributed by atoms with E-state index in [4.69, 9.17) is 8.92 Å². The van der Waals surface area contributed by atoms with Crippen molar-refractivity contribution in [1.82, 2.24) is 0 Å². The second kappa shape index (κ2) is 6.36. The average molecular weight is 314 g/mol. The van der Waals surface area contributed by atoms with E-state index in [0.29, 0.717) is 5.75 Å². The van der Waals surface area contributed by atoms with E-state index >= 15 is 0 Å². The van der Waals surface area contributed by atoms with E-state index in [2.05, 4.69) is 20.8 Å². The third-order valence-corrected chi connectivity index (χ3v) is 3.92. The number of ether oxygens (including phenoxy) is 1. The van der Waals surface area contributed by atoms with Gasteiger partial charge in [0, 0.05) is 0 Å². The van der Waals surface area contributed by atoms with E-state index < -0.39 is 10.1 Å². The molecule has 1 aromatic carbocycles. The molecule has 1 rings (SSSR count). The molecule has 0 aliphatic carbocycles. The molecule has 0 heterocycles. The highest BCUT2D eigenvalue weighted by Crippen LogP contribution is 2.24. The van der Waals surface area contributed by atoms with Gasteiger partial charge in [0.25, 0.3) is 0 Å². The van der Waals surface area contributed by atoms with Gasteiger partial charge in [-0.05, 0) is 43.9 Å². The molecule has 0 aliphatic rings. The van der Waals surface area contributed by atoms with E-state index in [-0.39, 0.29) is 23.4 Å². The van der Waals surface area contributed by atoms with Crippen LogP contribution in [0.5, 0.6) is 5.75 Å². The molecule has 5 heteroatoms. The van der Waals surface area contributed by atoms with Gasteiger partial charge in [0.15, 0.2) is 0 Å². The van der Waals surface area contributed by atoms with Crippen LogP contribution in [0.2, 0.25) is 0 Å². The highest BCUT2D eigenvalue weighted by molar-refractivity contribution is 7.87. The highest BCUT2D eigenvalue weighted by atomic mass is 32.2. The summed E-state index contributed by atoms with van der Waals surface area (Å²) in [4.78, 5) is 0. The Labute approximate surface area is 128 Å². The number of hydrogen-bond donors (Lipinski definition) is 0. The Morgan fingerprint density at radius 1 is 0.952 bits per heavy atom. The molecule has 0 fully saturated rings. The van der Waals surface area contributed by atoms with Crippen LogP contribution < -0.4 is 4.18 Å². The van der Waals surface area contributed by atoms with Gasteiger partial charge in [-0.15, -0.1) is 0 Å². The molecule has 0 amide bonds. The summed E-state index contributed by atoms with van der Waals surface area (Å²) < 4.78 is 34.2. The zero-order valence-corrected chi connectivity index (χ0v) is 14.6. The summed E-state index contributed by atoms with van der Waals surface area (Å²) >= 11 is 0. The van der Waals surface area contributed by atoms with Gasteiger partial charge in [-0.25, -0.2) is 0 Å². The van der Waals surface area contributed by atoms with Gasteiger partial charge >= 0.3 is 10.1 Å². The van der Waals surface area contributed by atoms with E-state index in [1.807, 2.05) is 32.9 Å². The number of hydrogen-bond acceptors (Lipinski definition) is 4. The standard InChI is InChI=1S/C16H26O4S/c1-15(2,3)13-7-9-14(10-8-13)20-21(17,18)12-11-19-16(4,5)6/h7-10H,11-12H2,1-6H3. The van der Waals surface area contributed by atoms with Crippen LogP contribution in [-0.4, -0.2) is 26.4 Å². The van der Waals surface area contributed by atoms with Crippen molar-refractivity contribution in [1.29, 1.82) is 0 Å². The zero-order valence-electron chi connectivity index (χ0n) is 13.8. The molecule has 0 bridgehead atoms. The SMILES string of the molecule is CC(C)(C)OCCS(=O)(=O)Oc1ccc(C(C)(C)C)cc1. The van der Waals surface area contributed by atoms with Crippen LogP contribution in [-0.2, 0) is 20.3 Å². The molecule has 0 atom stereocenters. The fourth-order valence-corrected chi connectivity index (χ4v) is 2.42. The molecule has 4 nitrogen and oxygen atoms in total. The molecule has 0 radical (unpaired) electrons. The molecule has 0 aliphatic heterocycles. The number of benzene rings is 1. The van der Waals surface area contributed by atoms with Crippen LogP contribution in [0.1, 0.15) is 47.1 Å². The summed E-state index contributed by atoms with van der Waals surface area (Å²) in [6.07, 6.45) is 0. The molecular weight excluding hydrogens is 288 g/mol. The van der Waals surface area contributed by atoms with Gasteiger partial charge in [0.05, 0.1) is 12.2 Å². The average Bonchev–Trinajstić information content (AvgIpc) is 2.25. The first kappa shape index (κ1) is 18.0. The maximum absolute atomic E-state index is 11.9. The monoisotopic (exact) mass is 314 g/mol.